The summed E-state index contributed by atoms with van der Waals surface area (Å²) < 4.78 is 6.13. The van der Waals surface area contributed by atoms with Crippen molar-refractivity contribution in [2.24, 2.45) is 0 Å². The van der Waals surface area contributed by atoms with Gasteiger partial charge in [-0.3, -0.25) is 4.79 Å². The molecule has 110 valence electrons. The van der Waals surface area contributed by atoms with E-state index in [1.54, 1.807) is 30.3 Å². The molecule has 2 aromatic rings. The molecule has 4 nitrogen and oxygen atoms in total. The lowest BCUT2D eigenvalue weighted by Crippen LogP contribution is -2.17. The molecule has 1 fully saturated rings. The molecule has 0 aliphatic carbocycles. The highest BCUT2D eigenvalue weighted by atomic mass is 32.2. The van der Waals surface area contributed by atoms with Crippen molar-refractivity contribution >= 4 is 40.3 Å². The van der Waals surface area contributed by atoms with Crippen LogP contribution in [0.3, 0.4) is 0 Å². The first kappa shape index (κ1) is 14.6. The third kappa shape index (κ3) is 3.47. The lowest BCUT2D eigenvalue weighted by Gasteiger charge is -2.06. The molecule has 0 unspecified atom stereocenters. The number of amides is 1. The normalized spacial score (nSPS) is 15.9. The Hall–Kier alpha value is -2.31. The maximum Gasteiger partial charge on any atom is 0.263 e. The fourth-order valence-corrected chi connectivity index (χ4v) is 2.90. The molecule has 1 aliphatic rings. The third-order valence-corrected chi connectivity index (χ3v) is 4.06. The van der Waals surface area contributed by atoms with Crippen molar-refractivity contribution < 1.29 is 14.6 Å². The minimum atomic E-state index is -0.167. The second kappa shape index (κ2) is 6.21. The Labute approximate surface area is 136 Å². The molecule has 0 atom stereocenters. The first-order valence-electron chi connectivity index (χ1n) is 6.42. The van der Waals surface area contributed by atoms with Crippen molar-refractivity contribution in [2.45, 2.75) is 0 Å². The van der Waals surface area contributed by atoms with Gasteiger partial charge in [0.15, 0.2) is 0 Å². The minimum absolute atomic E-state index is 0.167. The van der Waals surface area contributed by atoms with Crippen LogP contribution in [0.2, 0.25) is 0 Å². The van der Waals surface area contributed by atoms with Crippen LogP contribution in [-0.4, -0.2) is 15.3 Å². The van der Waals surface area contributed by atoms with Crippen LogP contribution in [-0.2, 0) is 4.79 Å². The predicted octanol–water partition coefficient (Wildman–Crippen LogP) is 3.67. The maximum atomic E-state index is 11.6. The summed E-state index contributed by atoms with van der Waals surface area (Å²) in [4.78, 5) is 12.2. The molecule has 1 amide bonds. The molecular formula is C16H11NO3S2. The molecule has 2 aromatic carbocycles. The number of thioether (sulfide) groups is 1. The molecule has 0 aromatic heterocycles. The SMILES string of the molecule is O=C1NC(=S)SC1=Cc1ccc(Oc2ccc(O)cc2)cc1. The van der Waals surface area contributed by atoms with Crippen LogP contribution in [0.25, 0.3) is 6.08 Å². The van der Waals surface area contributed by atoms with E-state index in [1.807, 2.05) is 24.3 Å². The summed E-state index contributed by atoms with van der Waals surface area (Å²) in [6.07, 6.45) is 1.78. The van der Waals surface area contributed by atoms with Crippen molar-refractivity contribution in [3.63, 3.8) is 0 Å². The van der Waals surface area contributed by atoms with Gasteiger partial charge in [-0.25, -0.2) is 0 Å². The summed E-state index contributed by atoms with van der Waals surface area (Å²) in [6, 6.07) is 13.8. The first-order valence-corrected chi connectivity index (χ1v) is 7.64. The molecule has 3 rings (SSSR count). The van der Waals surface area contributed by atoms with Gasteiger partial charge in [0.25, 0.3) is 5.91 Å². The highest BCUT2D eigenvalue weighted by molar-refractivity contribution is 8.26. The molecule has 1 aliphatic heterocycles. The molecule has 1 heterocycles. The number of hydrogen-bond donors (Lipinski definition) is 2. The van der Waals surface area contributed by atoms with Crippen LogP contribution in [0.15, 0.2) is 53.4 Å². The zero-order valence-corrected chi connectivity index (χ0v) is 12.9. The highest BCUT2D eigenvalue weighted by Gasteiger charge is 2.21. The van der Waals surface area contributed by atoms with Crippen LogP contribution in [0.4, 0.5) is 0 Å². The molecule has 0 bridgehead atoms. The third-order valence-electron chi connectivity index (χ3n) is 2.89. The Morgan fingerprint density at radius 3 is 2.18 bits per heavy atom. The number of aromatic hydroxyl groups is 1. The second-order valence-corrected chi connectivity index (χ2v) is 6.24. The van der Waals surface area contributed by atoms with Gasteiger partial charge < -0.3 is 15.2 Å². The van der Waals surface area contributed by atoms with Gasteiger partial charge in [0.2, 0.25) is 0 Å². The molecular weight excluding hydrogens is 318 g/mol. The van der Waals surface area contributed by atoms with E-state index < -0.39 is 0 Å². The number of hydrogen-bond acceptors (Lipinski definition) is 5. The number of phenolic OH excluding ortho intramolecular Hbond substituents is 1. The van der Waals surface area contributed by atoms with Crippen molar-refractivity contribution in [3.8, 4) is 17.2 Å². The summed E-state index contributed by atoms with van der Waals surface area (Å²) >= 11 is 6.20. The molecule has 1 saturated heterocycles. The Morgan fingerprint density at radius 2 is 1.64 bits per heavy atom. The van der Waals surface area contributed by atoms with Gasteiger partial charge >= 0.3 is 0 Å². The number of benzene rings is 2. The minimum Gasteiger partial charge on any atom is -0.508 e. The first-order chi connectivity index (χ1) is 10.6. The van der Waals surface area contributed by atoms with Crippen molar-refractivity contribution in [2.75, 3.05) is 0 Å². The van der Waals surface area contributed by atoms with E-state index in [1.165, 1.54) is 11.8 Å². The van der Waals surface area contributed by atoms with Gasteiger partial charge in [0.05, 0.1) is 4.91 Å². The van der Waals surface area contributed by atoms with E-state index in [0.29, 0.717) is 20.7 Å². The quantitative estimate of drug-likeness (QED) is 0.664. The average Bonchev–Trinajstić information content (AvgIpc) is 2.81. The number of thiocarbonyl (C=S) groups is 1. The number of rotatable bonds is 3. The largest absolute Gasteiger partial charge is 0.508 e. The summed E-state index contributed by atoms with van der Waals surface area (Å²) in [6.45, 7) is 0. The van der Waals surface area contributed by atoms with Crippen LogP contribution >= 0.6 is 24.0 Å². The van der Waals surface area contributed by atoms with Gasteiger partial charge in [-0.15, -0.1) is 0 Å². The molecule has 0 spiro atoms. The fourth-order valence-electron chi connectivity index (χ4n) is 1.85. The van der Waals surface area contributed by atoms with E-state index >= 15 is 0 Å². The van der Waals surface area contributed by atoms with E-state index in [9.17, 15) is 9.90 Å². The van der Waals surface area contributed by atoms with E-state index in [4.69, 9.17) is 17.0 Å². The number of carbonyl (C=O) groups is 1. The lowest BCUT2D eigenvalue weighted by molar-refractivity contribution is -0.115. The van der Waals surface area contributed by atoms with Crippen LogP contribution in [0.1, 0.15) is 5.56 Å². The summed E-state index contributed by atoms with van der Waals surface area (Å²) in [5.74, 6) is 1.34. The molecule has 2 N–H and O–H groups in total. The monoisotopic (exact) mass is 329 g/mol. The Morgan fingerprint density at radius 1 is 1.05 bits per heavy atom. The standard InChI is InChI=1S/C16H11NO3S2/c18-11-3-7-13(8-4-11)20-12-5-1-10(2-6-12)9-14-15(19)17-16(21)22-14/h1-9,18H,(H,17,19,21). The van der Waals surface area contributed by atoms with E-state index in [0.717, 1.165) is 5.56 Å². The second-order valence-electron chi connectivity index (χ2n) is 4.52. The van der Waals surface area contributed by atoms with Crippen molar-refractivity contribution in [1.82, 2.24) is 5.32 Å². The van der Waals surface area contributed by atoms with Crippen LogP contribution in [0.5, 0.6) is 17.2 Å². The zero-order valence-electron chi connectivity index (χ0n) is 11.3. The van der Waals surface area contributed by atoms with E-state index in [2.05, 4.69) is 5.32 Å². The number of phenols is 1. The molecule has 6 heteroatoms. The van der Waals surface area contributed by atoms with Crippen molar-refractivity contribution in [1.29, 1.82) is 0 Å². The van der Waals surface area contributed by atoms with E-state index in [-0.39, 0.29) is 11.7 Å². The summed E-state index contributed by atoms with van der Waals surface area (Å²) in [7, 11) is 0. The van der Waals surface area contributed by atoms with Crippen LogP contribution < -0.4 is 10.1 Å². The number of ether oxygens (including phenoxy) is 1. The highest BCUT2D eigenvalue weighted by Crippen LogP contribution is 2.27. The maximum absolute atomic E-state index is 11.6. The summed E-state index contributed by atoms with van der Waals surface area (Å²) in [5, 5.41) is 11.8. The topological polar surface area (TPSA) is 58.6 Å². The molecule has 0 radical (unpaired) electrons. The average molecular weight is 329 g/mol. The van der Waals surface area contributed by atoms with Crippen LogP contribution in [0, 0.1) is 0 Å². The fraction of sp³-hybridized carbons (Fsp3) is 0. The molecule has 0 saturated carbocycles. The summed E-state index contributed by atoms with van der Waals surface area (Å²) in [5.41, 5.74) is 0.889. The number of carbonyl (C=O) groups excluding carboxylic acids is 1. The Kier molecular flexibility index (Phi) is 4.13. The van der Waals surface area contributed by atoms with Gasteiger partial charge in [-0.1, -0.05) is 36.1 Å². The smallest absolute Gasteiger partial charge is 0.263 e. The predicted molar refractivity (Wildman–Crippen MR) is 90.9 cm³/mol. The Bertz CT molecular complexity index is 752. The van der Waals surface area contributed by atoms with Gasteiger partial charge in [-0.2, -0.15) is 0 Å². The van der Waals surface area contributed by atoms with Gasteiger partial charge in [-0.05, 0) is 48.0 Å². The lowest BCUT2D eigenvalue weighted by atomic mass is 10.2. The van der Waals surface area contributed by atoms with Gasteiger partial charge in [0, 0.05) is 0 Å². The number of nitrogens with one attached hydrogen (secondary N) is 1. The van der Waals surface area contributed by atoms with Gasteiger partial charge in [0.1, 0.15) is 21.6 Å². The molecule has 22 heavy (non-hydrogen) atoms. The zero-order chi connectivity index (χ0) is 15.5. The van der Waals surface area contributed by atoms with Crippen molar-refractivity contribution in [3.05, 3.63) is 59.0 Å². The Balaban J connectivity index is 1.73.